The number of nitrogens with zero attached hydrogens (tertiary/aromatic N) is 1. The van der Waals surface area contributed by atoms with Crippen molar-refractivity contribution in [1.29, 1.82) is 0 Å². The van der Waals surface area contributed by atoms with Gasteiger partial charge in [-0.15, -0.1) is 0 Å². The van der Waals surface area contributed by atoms with Crippen molar-refractivity contribution in [3.63, 3.8) is 0 Å². The highest BCUT2D eigenvalue weighted by molar-refractivity contribution is 5.91. The number of amides is 1. The summed E-state index contributed by atoms with van der Waals surface area (Å²) in [5, 5.41) is 8.35. The second-order valence-corrected chi connectivity index (χ2v) is 3.15. The Kier molecular flexibility index (Phi) is 3.08. The first kappa shape index (κ1) is 9.03. The lowest BCUT2D eigenvalue weighted by atomic mass is 9.88. The molecule has 12 heavy (non-hydrogen) atoms. The molecule has 1 fully saturated rings. The van der Waals surface area contributed by atoms with E-state index in [2.05, 4.69) is 4.99 Å². The van der Waals surface area contributed by atoms with E-state index in [1.54, 1.807) is 0 Å². The van der Waals surface area contributed by atoms with Gasteiger partial charge in [-0.25, -0.2) is 4.79 Å². The molecule has 1 rings (SSSR count). The topological polar surface area (TPSA) is 75.7 Å². The standard InChI is InChI=1S/C8H14N2O2/c9-7(10-8(11)12)6-4-2-1-3-5-6/h6H,1-5H2,(H2,9,10)(H,11,12). The summed E-state index contributed by atoms with van der Waals surface area (Å²) in [6, 6.07) is 0. The first-order valence-corrected chi connectivity index (χ1v) is 4.27. The zero-order valence-corrected chi connectivity index (χ0v) is 6.99. The van der Waals surface area contributed by atoms with E-state index in [0.29, 0.717) is 5.84 Å². The Labute approximate surface area is 71.5 Å². The molecule has 1 aliphatic rings. The van der Waals surface area contributed by atoms with Gasteiger partial charge < -0.3 is 10.8 Å². The minimum absolute atomic E-state index is 0.204. The summed E-state index contributed by atoms with van der Waals surface area (Å²) in [5.41, 5.74) is 5.52. The summed E-state index contributed by atoms with van der Waals surface area (Å²) in [6.07, 6.45) is 4.31. The Morgan fingerprint density at radius 2 is 1.92 bits per heavy atom. The van der Waals surface area contributed by atoms with Gasteiger partial charge in [-0.05, 0) is 12.8 Å². The molecule has 4 heteroatoms. The predicted octanol–water partition coefficient (Wildman–Crippen LogP) is 1.60. The lowest BCUT2D eigenvalue weighted by Gasteiger charge is -2.20. The second kappa shape index (κ2) is 4.09. The molecule has 68 valence electrons. The summed E-state index contributed by atoms with van der Waals surface area (Å²) in [5.74, 6) is 0.497. The number of carbonyl (C=O) groups is 1. The van der Waals surface area contributed by atoms with Gasteiger partial charge in [0.05, 0.1) is 0 Å². The summed E-state index contributed by atoms with van der Waals surface area (Å²) < 4.78 is 0. The van der Waals surface area contributed by atoms with Crippen LogP contribution < -0.4 is 5.73 Å². The molecule has 1 aliphatic carbocycles. The molecular weight excluding hydrogens is 156 g/mol. The third-order valence-electron chi connectivity index (χ3n) is 2.25. The highest BCUT2D eigenvalue weighted by Crippen LogP contribution is 2.23. The van der Waals surface area contributed by atoms with Gasteiger partial charge in [-0.2, -0.15) is 4.99 Å². The minimum atomic E-state index is -1.18. The normalized spacial score (nSPS) is 20.8. The Morgan fingerprint density at radius 1 is 1.33 bits per heavy atom. The fourth-order valence-electron chi connectivity index (χ4n) is 1.60. The van der Waals surface area contributed by atoms with E-state index in [1.165, 1.54) is 6.42 Å². The molecule has 0 heterocycles. The number of rotatable bonds is 1. The van der Waals surface area contributed by atoms with Crippen LogP contribution in [0.1, 0.15) is 32.1 Å². The van der Waals surface area contributed by atoms with Crippen molar-refractivity contribution in [2.24, 2.45) is 16.6 Å². The zero-order valence-electron chi connectivity index (χ0n) is 6.99. The second-order valence-electron chi connectivity index (χ2n) is 3.15. The van der Waals surface area contributed by atoms with Crippen LogP contribution >= 0.6 is 0 Å². The van der Waals surface area contributed by atoms with Gasteiger partial charge in [0.1, 0.15) is 5.84 Å². The average molecular weight is 170 g/mol. The quantitative estimate of drug-likeness (QED) is 0.463. The van der Waals surface area contributed by atoms with E-state index in [9.17, 15) is 4.79 Å². The van der Waals surface area contributed by atoms with Gasteiger partial charge >= 0.3 is 6.09 Å². The third kappa shape index (κ3) is 2.53. The van der Waals surface area contributed by atoms with Gasteiger partial charge in [-0.3, -0.25) is 0 Å². The third-order valence-corrected chi connectivity index (χ3v) is 2.25. The molecule has 1 saturated carbocycles. The number of hydrogen-bond donors (Lipinski definition) is 2. The van der Waals surface area contributed by atoms with Gasteiger partial charge in [0.15, 0.2) is 0 Å². The van der Waals surface area contributed by atoms with Crippen LogP contribution in [-0.2, 0) is 0 Å². The average Bonchev–Trinajstić information content (AvgIpc) is 2.05. The zero-order chi connectivity index (χ0) is 8.97. The molecule has 3 N–H and O–H groups in total. The van der Waals surface area contributed by atoms with Crippen LogP contribution in [0.5, 0.6) is 0 Å². The maximum absolute atomic E-state index is 10.2. The van der Waals surface area contributed by atoms with Crippen molar-refractivity contribution in [3.05, 3.63) is 0 Å². The number of hydrogen-bond acceptors (Lipinski definition) is 1. The lowest BCUT2D eigenvalue weighted by molar-refractivity contribution is 0.205. The highest BCUT2D eigenvalue weighted by Gasteiger charge is 2.17. The molecule has 0 spiro atoms. The maximum Gasteiger partial charge on any atom is 0.432 e. The lowest BCUT2D eigenvalue weighted by Crippen LogP contribution is -2.26. The molecule has 0 bridgehead atoms. The van der Waals surface area contributed by atoms with Crippen molar-refractivity contribution in [2.45, 2.75) is 32.1 Å². The fraction of sp³-hybridized carbons (Fsp3) is 0.750. The van der Waals surface area contributed by atoms with E-state index < -0.39 is 6.09 Å². The van der Waals surface area contributed by atoms with Gasteiger partial charge in [0.25, 0.3) is 0 Å². The van der Waals surface area contributed by atoms with Crippen LogP contribution in [0.2, 0.25) is 0 Å². The Morgan fingerprint density at radius 3 is 2.42 bits per heavy atom. The first-order chi connectivity index (χ1) is 5.70. The van der Waals surface area contributed by atoms with Crippen LogP contribution in [0.25, 0.3) is 0 Å². The van der Waals surface area contributed by atoms with Gasteiger partial charge in [0, 0.05) is 5.92 Å². The Balaban J connectivity index is 2.49. The predicted molar refractivity (Wildman–Crippen MR) is 46.2 cm³/mol. The van der Waals surface area contributed by atoms with Crippen LogP contribution in [0.4, 0.5) is 4.79 Å². The van der Waals surface area contributed by atoms with Crippen LogP contribution in [-0.4, -0.2) is 17.0 Å². The first-order valence-electron chi connectivity index (χ1n) is 4.27. The van der Waals surface area contributed by atoms with Gasteiger partial charge in [-0.1, -0.05) is 19.3 Å². The molecule has 0 saturated heterocycles. The number of carboxylic acid groups (broad SMARTS) is 1. The van der Waals surface area contributed by atoms with Crippen LogP contribution in [0.15, 0.2) is 4.99 Å². The highest BCUT2D eigenvalue weighted by atomic mass is 16.4. The van der Waals surface area contributed by atoms with Crippen molar-refractivity contribution < 1.29 is 9.90 Å². The molecule has 0 radical (unpaired) electrons. The number of aliphatic imine (C=N–C) groups is 1. The van der Waals surface area contributed by atoms with Crippen molar-refractivity contribution in [3.8, 4) is 0 Å². The summed E-state index contributed by atoms with van der Waals surface area (Å²) in [4.78, 5) is 13.5. The summed E-state index contributed by atoms with van der Waals surface area (Å²) in [6.45, 7) is 0. The summed E-state index contributed by atoms with van der Waals surface area (Å²) >= 11 is 0. The summed E-state index contributed by atoms with van der Waals surface area (Å²) in [7, 11) is 0. The monoisotopic (exact) mass is 170 g/mol. The molecule has 0 aliphatic heterocycles. The Bertz CT molecular complexity index is 195. The number of amidine groups is 1. The molecule has 0 unspecified atom stereocenters. The van der Waals surface area contributed by atoms with Crippen LogP contribution in [0.3, 0.4) is 0 Å². The largest absolute Gasteiger partial charge is 0.463 e. The van der Waals surface area contributed by atoms with E-state index in [4.69, 9.17) is 10.8 Å². The van der Waals surface area contributed by atoms with E-state index in [-0.39, 0.29) is 5.92 Å². The van der Waals surface area contributed by atoms with E-state index in [1.807, 2.05) is 0 Å². The van der Waals surface area contributed by atoms with Crippen molar-refractivity contribution in [2.75, 3.05) is 0 Å². The van der Waals surface area contributed by atoms with Crippen LogP contribution in [0, 0.1) is 5.92 Å². The smallest absolute Gasteiger partial charge is 0.432 e. The molecular formula is C8H14N2O2. The van der Waals surface area contributed by atoms with E-state index in [0.717, 1.165) is 25.7 Å². The Hall–Kier alpha value is -1.06. The number of nitrogens with two attached hydrogens (primary N) is 1. The van der Waals surface area contributed by atoms with E-state index >= 15 is 0 Å². The van der Waals surface area contributed by atoms with Gasteiger partial charge in [0.2, 0.25) is 0 Å². The molecule has 0 aromatic heterocycles. The molecule has 1 amide bonds. The fourth-order valence-corrected chi connectivity index (χ4v) is 1.60. The molecule has 0 aromatic rings. The molecule has 0 atom stereocenters. The SMILES string of the molecule is NC(=NC(=O)O)C1CCCCC1. The molecule has 0 aromatic carbocycles. The van der Waals surface area contributed by atoms with Crippen molar-refractivity contribution in [1.82, 2.24) is 0 Å². The molecule has 4 nitrogen and oxygen atoms in total. The minimum Gasteiger partial charge on any atom is -0.463 e. The maximum atomic E-state index is 10.2. The van der Waals surface area contributed by atoms with Crippen molar-refractivity contribution >= 4 is 11.9 Å².